The molecule has 1 unspecified atom stereocenters. The van der Waals surface area contributed by atoms with Gasteiger partial charge in [-0.15, -0.1) is 0 Å². The van der Waals surface area contributed by atoms with Crippen molar-refractivity contribution in [3.8, 4) is 5.69 Å². The molecule has 1 heterocycles. The van der Waals surface area contributed by atoms with E-state index in [-0.39, 0.29) is 5.56 Å². The average molecular weight is 286 g/mol. The van der Waals surface area contributed by atoms with E-state index in [0.29, 0.717) is 5.69 Å². The lowest BCUT2D eigenvalue weighted by Gasteiger charge is -2.14. The van der Waals surface area contributed by atoms with Gasteiger partial charge in [-0.2, -0.15) is 5.10 Å². The maximum atomic E-state index is 13.3. The van der Waals surface area contributed by atoms with E-state index in [1.807, 2.05) is 30.3 Å². The first-order valence-corrected chi connectivity index (χ1v) is 6.39. The average Bonchev–Trinajstić information content (AvgIpc) is 2.99. The Morgan fingerprint density at radius 3 is 2.43 bits per heavy atom. The first-order valence-electron chi connectivity index (χ1n) is 6.39. The fraction of sp³-hybridized carbons (Fsp3) is 0.0625. The molecule has 21 heavy (non-hydrogen) atoms. The Hall–Kier alpha value is -2.53. The minimum Gasteiger partial charge on any atom is -0.382 e. The smallest absolute Gasteiger partial charge is 0.159 e. The summed E-state index contributed by atoms with van der Waals surface area (Å²) in [6.07, 6.45) is 0.452. The molecule has 0 aliphatic heterocycles. The molecule has 5 heteroatoms. The molecular formula is C16H12F2N2O. The van der Waals surface area contributed by atoms with E-state index in [1.54, 1.807) is 16.9 Å². The van der Waals surface area contributed by atoms with E-state index in [0.717, 1.165) is 17.8 Å². The number of benzene rings is 2. The van der Waals surface area contributed by atoms with Crippen molar-refractivity contribution in [2.45, 2.75) is 6.10 Å². The number of aliphatic hydroxyl groups excluding tert-OH is 1. The Morgan fingerprint density at radius 2 is 1.71 bits per heavy atom. The highest BCUT2D eigenvalue weighted by Gasteiger charge is 2.17. The molecular weight excluding hydrogens is 274 g/mol. The van der Waals surface area contributed by atoms with E-state index in [9.17, 15) is 13.9 Å². The van der Waals surface area contributed by atoms with Crippen molar-refractivity contribution < 1.29 is 13.9 Å². The summed E-state index contributed by atoms with van der Waals surface area (Å²) in [6.45, 7) is 0. The van der Waals surface area contributed by atoms with Crippen molar-refractivity contribution >= 4 is 0 Å². The number of halogens is 2. The summed E-state index contributed by atoms with van der Waals surface area (Å²) in [5.41, 5.74) is 1.53. The molecule has 0 aliphatic carbocycles. The third-order valence-electron chi connectivity index (χ3n) is 3.21. The molecule has 0 amide bonds. The van der Waals surface area contributed by atoms with Crippen LogP contribution in [0, 0.1) is 11.6 Å². The number of aliphatic hydroxyl groups is 1. The lowest BCUT2D eigenvalue weighted by Crippen LogP contribution is -2.09. The molecule has 0 spiro atoms. The molecule has 1 N–H and O–H groups in total. The van der Waals surface area contributed by atoms with Crippen LogP contribution in [0.4, 0.5) is 8.78 Å². The number of rotatable bonds is 3. The van der Waals surface area contributed by atoms with Crippen molar-refractivity contribution in [2.24, 2.45) is 0 Å². The van der Waals surface area contributed by atoms with E-state index in [1.165, 1.54) is 6.07 Å². The van der Waals surface area contributed by atoms with Crippen LogP contribution in [0.5, 0.6) is 0 Å². The first kappa shape index (κ1) is 13.5. The Morgan fingerprint density at radius 1 is 0.952 bits per heavy atom. The molecule has 0 fully saturated rings. The minimum atomic E-state index is -1.09. The predicted molar refractivity (Wildman–Crippen MR) is 74.0 cm³/mol. The third-order valence-corrected chi connectivity index (χ3v) is 3.21. The lowest BCUT2D eigenvalue weighted by atomic mass is 10.1. The highest BCUT2D eigenvalue weighted by Crippen LogP contribution is 2.25. The van der Waals surface area contributed by atoms with E-state index in [2.05, 4.69) is 5.10 Å². The van der Waals surface area contributed by atoms with Crippen LogP contribution < -0.4 is 0 Å². The number of para-hydroxylation sites is 1. The second-order valence-corrected chi connectivity index (χ2v) is 4.58. The van der Waals surface area contributed by atoms with Crippen LogP contribution in [0.25, 0.3) is 5.69 Å². The summed E-state index contributed by atoms with van der Waals surface area (Å²) in [4.78, 5) is 0. The number of hydrogen-bond acceptors (Lipinski definition) is 2. The van der Waals surface area contributed by atoms with Crippen molar-refractivity contribution in [3.05, 3.63) is 83.7 Å². The Labute approximate surface area is 120 Å². The quantitative estimate of drug-likeness (QED) is 0.802. The van der Waals surface area contributed by atoms with E-state index >= 15 is 0 Å². The van der Waals surface area contributed by atoms with Gasteiger partial charge in [-0.3, -0.25) is 0 Å². The molecule has 1 aromatic heterocycles. The van der Waals surface area contributed by atoms with Crippen molar-refractivity contribution in [1.29, 1.82) is 0 Å². The van der Waals surface area contributed by atoms with Gasteiger partial charge in [-0.1, -0.05) is 24.3 Å². The molecule has 0 saturated carbocycles. The maximum Gasteiger partial charge on any atom is 0.159 e. The maximum absolute atomic E-state index is 13.3. The normalized spacial score (nSPS) is 12.3. The van der Waals surface area contributed by atoms with Gasteiger partial charge in [-0.25, -0.2) is 13.5 Å². The van der Waals surface area contributed by atoms with Crippen LogP contribution in [0.1, 0.15) is 17.4 Å². The molecule has 0 radical (unpaired) electrons. The second-order valence-electron chi connectivity index (χ2n) is 4.58. The molecule has 0 saturated heterocycles. The zero-order valence-corrected chi connectivity index (χ0v) is 10.9. The van der Waals surface area contributed by atoms with Crippen LogP contribution in [-0.4, -0.2) is 14.9 Å². The molecule has 1 atom stereocenters. The zero-order chi connectivity index (χ0) is 14.8. The van der Waals surface area contributed by atoms with Gasteiger partial charge in [-0.05, 0) is 35.9 Å². The molecule has 3 rings (SSSR count). The Kier molecular flexibility index (Phi) is 3.50. The SMILES string of the molecule is OC(c1ccc(F)c(F)c1)c1ccnn1-c1ccccc1. The van der Waals surface area contributed by atoms with Crippen LogP contribution >= 0.6 is 0 Å². The van der Waals surface area contributed by atoms with E-state index in [4.69, 9.17) is 0 Å². The fourth-order valence-electron chi connectivity index (χ4n) is 2.16. The Balaban J connectivity index is 2.01. The largest absolute Gasteiger partial charge is 0.382 e. The van der Waals surface area contributed by atoms with Gasteiger partial charge in [0.05, 0.1) is 11.4 Å². The van der Waals surface area contributed by atoms with Gasteiger partial charge < -0.3 is 5.11 Å². The monoisotopic (exact) mass is 286 g/mol. The zero-order valence-electron chi connectivity index (χ0n) is 10.9. The van der Waals surface area contributed by atoms with Crippen LogP contribution in [0.3, 0.4) is 0 Å². The van der Waals surface area contributed by atoms with Crippen molar-refractivity contribution in [2.75, 3.05) is 0 Å². The van der Waals surface area contributed by atoms with Gasteiger partial charge >= 0.3 is 0 Å². The van der Waals surface area contributed by atoms with E-state index < -0.39 is 17.7 Å². The van der Waals surface area contributed by atoms with Crippen LogP contribution in [0.15, 0.2) is 60.8 Å². The predicted octanol–water partition coefficient (Wildman–Crippen LogP) is 3.23. The molecule has 3 nitrogen and oxygen atoms in total. The molecule has 0 aliphatic rings. The first-order chi connectivity index (χ1) is 10.2. The highest BCUT2D eigenvalue weighted by atomic mass is 19.2. The summed E-state index contributed by atoms with van der Waals surface area (Å²) < 4.78 is 27.8. The molecule has 0 bridgehead atoms. The van der Waals surface area contributed by atoms with Crippen LogP contribution in [0.2, 0.25) is 0 Å². The topological polar surface area (TPSA) is 38.1 Å². The summed E-state index contributed by atoms with van der Waals surface area (Å²) in [6, 6.07) is 14.2. The van der Waals surface area contributed by atoms with Crippen LogP contribution in [-0.2, 0) is 0 Å². The number of aromatic nitrogens is 2. The number of nitrogens with zero attached hydrogens (tertiary/aromatic N) is 2. The minimum absolute atomic E-state index is 0.270. The fourth-order valence-corrected chi connectivity index (χ4v) is 2.16. The number of hydrogen-bond donors (Lipinski definition) is 1. The van der Waals surface area contributed by atoms with Gasteiger partial charge in [0.1, 0.15) is 6.10 Å². The van der Waals surface area contributed by atoms with Crippen molar-refractivity contribution in [1.82, 2.24) is 9.78 Å². The third kappa shape index (κ3) is 2.55. The molecule has 3 aromatic rings. The van der Waals surface area contributed by atoms with Gasteiger partial charge in [0.2, 0.25) is 0 Å². The van der Waals surface area contributed by atoms with Crippen molar-refractivity contribution in [3.63, 3.8) is 0 Å². The molecule has 2 aromatic carbocycles. The second kappa shape index (κ2) is 5.46. The highest BCUT2D eigenvalue weighted by molar-refractivity contribution is 5.35. The van der Waals surface area contributed by atoms with Gasteiger partial charge in [0.15, 0.2) is 11.6 Å². The van der Waals surface area contributed by atoms with Gasteiger partial charge in [0.25, 0.3) is 0 Å². The lowest BCUT2D eigenvalue weighted by molar-refractivity contribution is 0.211. The standard InChI is InChI=1S/C16H12F2N2O/c17-13-7-6-11(10-14(13)18)16(21)15-8-9-19-20(15)12-4-2-1-3-5-12/h1-10,16,21H. The summed E-state index contributed by atoms with van der Waals surface area (Å²) in [7, 11) is 0. The summed E-state index contributed by atoms with van der Waals surface area (Å²) >= 11 is 0. The summed E-state index contributed by atoms with van der Waals surface area (Å²) in [5.74, 6) is -1.93. The summed E-state index contributed by atoms with van der Waals surface area (Å²) in [5, 5.41) is 14.6. The Bertz CT molecular complexity index is 756. The van der Waals surface area contributed by atoms with Gasteiger partial charge in [0, 0.05) is 6.20 Å². The molecule has 106 valence electrons.